The van der Waals surface area contributed by atoms with Crippen LogP contribution in [0, 0.1) is 0 Å². The van der Waals surface area contributed by atoms with E-state index in [9.17, 15) is 13.2 Å². The maximum Gasteiger partial charge on any atom is 0.242 e. The number of nitrogens with one attached hydrogen (secondary N) is 2. The zero-order chi connectivity index (χ0) is 17.4. The summed E-state index contributed by atoms with van der Waals surface area (Å²) in [6, 6.07) is 5.11. The van der Waals surface area contributed by atoms with Crippen LogP contribution < -0.4 is 20.1 Å². The van der Waals surface area contributed by atoms with Gasteiger partial charge in [-0.3, -0.25) is 4.79 Å². The van der Waals surface area contributed by atoms with Gasteiger partial charge in [0.15, 0.2) is 26.1 Å². The van der Waals surface area contributed by atoms with Gasteiger partial charge in [0.05, 0.1) is 6.04 Å². The molecule has 24 heavy (non-hydrogen) atoms. The summed E-state index contributed by atoms with van der Waals surface area (Å²) in [6.45, 7) is 3.04. The summed E-state index contributed by atoms with van der Waals surface area (Å²) >= 11 is 0. The van der Waals surface area contributed by atoms with Crippen LogP contribution in [0.4, 0.5) is 0 Å². The molecule has 0 bridgehead atoms. The molecule has 0 aromatic heterocycles. The number of piperidine rings is 1. The monoisotopic (exact) mass is 354 g/mol. The highest BCUT2D eigenvalue weighted by Crippen LogP contribution is 2.35. The van der Waals surface area contributed by atoms with Crippen molar-refractivity contribution in [1.82, 2.24) is 10.6 Å². The smallest absolute Gasteiger partial charge is 0.242 e. The van der Waals surface area contributed by atoms with E-state index in [-0.39, 0.29) is 25.7 Å². The van der Waals surface area contributed by atoms with Crippen molar-refractivity contribution in [3.63, 3.8) is 0 Å². The molecule has 2 aliphatic rings. The molecule has 2 aliphatic heterocycles. The average Bonchev–Trinajstić information content (AvgIpc) is 3.01. The minimum atomic E-state index is -3.52. The predicted molar refractivity (Wildman–Crippen MR) is 88.8 cm³/mol. The van der Waals surface area contributed by atoms with E-state index < -0.39 is 20.5 Å². The molecule has 0 saturated carbocycles. The predicted octanol–water partition coefficient (Wildman–Crippen LogP) is 0.759. The van der Waals surface area contributed by atoms with Gasteiger partial charge in [-0.05, 0) is 50.6 Å². The first-order valence-corrected chi connectivity index (χ1v) is 9.83. The summed E-state index contributed by atoms with van der Waals surface area (Å²) in [7, 11) is -3.52. The molecule has 132 valence electrons. The first-order valence-electron chi connectivity index (χ1n) is 7.94. The lowest BCUT2D eigenvalue weighted by Gasteiger charge is -2.35. The highest BCUT2D eigenvalue weighted by molar-refractivity contribution is 7.92. The lowest BCUT2D eigenvalue weighted by molar-refractivity contribution is -0.125. The fourth-order valence-corrected chi connectivity index (χ4v) is 4.53. The second-order valence-electron chi connectivity index (χ2n) is 6.32. The number of sulfone groups is 1. The van der Waals surface area contributed by atoms with Crippen LogP contribution in [0.5, 0.6) is 11.5 Å². The molecule has 3 rings (SSSR count). The average molecular weight is 354 g/mol. The van der Waals surface area contributed by atoms with Crippen LogP contribution in [0.15, 0.2) is 18.2 Å². The fraction of sp³-hybridized carbons (Fsp3) is 0.562. The molecule has 8 heteroatoms. The molecule has 0 aliphatic carbocycles. The molecular weight excluding hydrogens is 332 g/mol. The highest BCUT2D eigenvalue weighted by atomic mass is 32.2. The molecule has 1 aromatic carbocycles. The quantitative estimate of drug-likeness (QED) is 0.829. The topological polar surface area (TPSA) is 93.7 Å². The third kappa shape index (κ3) is 2.95. The van der Waals surface area contributed by atoms with Gasteiger partial charge in [0.2, 0.25) is 12.7 Å². The van der Waals surface area contributed by atoms with E-state index in [0.717, 1.165) is 11.8 Å². The van der Waals surface area contributed by atoms with Crippen molar-refractivity contribution >= 4 is 15.7 Å². The van der Waals surface area contributed by atoms with Crippen molar-refractivity contribution in [3.05, 3.63) is 23.8 Å². The van der Waals surface area contributed by atoms with E-state index in [1.807, 2.05) is 19.1 Å². The number of hydrogen-bond acceptors (Lipinski definition) is 6. The van der Waals surface area contributed by atoms with Crippen molar-refractivity contribution in [2.45, 2.75) is 30.6 Å². The lowest BCUT2D eigenvalue weighted by atomic mass is 9.95. The Bertz CT molecular complexity index is 741. The molecule has 1 unspecified atom stereocenters. The summed E-state index contributed by atoms with van der Waals surface area (Å²) in [5, 5.41) is 5.97. The summed E-state index contributed by atoms with van der Waals surface area (Å²) in [6.07, 6.45) is 1.71. The number of carbonyl (C=O) groups is 1. The third-order valence-corrected chi connectivity index (χ3v) is 6.79. The first kappa shape index (κ1) is 17.0. The Balaban J connectivity index is 1.80. The zero-order valence-electron chi connectivity index (χ0n) is 13.8. The van der Waals surface area contributed by atoms with Crippen molar-refractivity contribution in [1.29, 1.82) is 0 Å². The summed E-state index contributed by atoms with van der Waals surface area (Å²) in [5.74, 6) is 0.869. The Labute approximate surface area is 141 Å². The number of carbonyl (C=O) groups excluding carboxylic acids is 1. The Kier molecular flexibility index (Phi) is 4.44. The van der Waals surface area contributed by atoms with Crippen LogP contribution in [-0.2, 0) is 14.6 Å². The fourth-order valence-electron chi connectivity index (χ4n) is 3.19. The van der Waals surface area contributed by atoms with Gasteiger partial charge in [0, 0.05) is 6.26 Å². The highest BCUT2D eigenvalue weighted by Gasteiger charge is 2.48. The van der Waals surface area contributed by atoms with Gasteiger partial charge in [-0.15, -0.1) is 0 Å². The van der Waals surface area contributed by atoms with E-state index in [1.54, 1.807) is 6.07 Å². The van der Waals surface area contributed by atoms with Crippen molar-refractivity contribution in [3.8, 4) is 11.5 Å². The first-order chi connectivity index (χ1) is 11.3. The van der Waals surface area contributed by atoms with E-state index in [0.29, 0.717) is 24.6 Å². The van der Waals surface area contributed by atoms with Crippen LogP contribution in [0.3, 0.4) is 0 Å². The van der Waals surface area contributed by atoms with E-state index in [4.69, 9.17) is 9.47 Å². The third-order valence-electron chi connectivity index (χ3n) is 4.78. The van der Waals surface area contributed by atoms with Crippen LogP contribution in [-0.4, -0.2) is 45.2 Å². The number of ether oxygens (including phenoxy) is 2. The second-order valence-corrected chi connectivity index (χ2v) is 8.65. The van der Waals surface area contributed by atoms with E-state index in [2.05, 4.69) is 10.6 Å². The molecule has 1 fully saturated rings. The van der Waals surface area contributed by atoms with Crippen LogP contribution in [0.25, 0.3) is 0 Å². The Hall–Kier alpha value is -1.80. The summed E-state index contributed by atoms with van der Waals surface area (Å²) in [4.78, 5) is 12.8. The largest absolute Gasteiger partial charge is 0.454 e. The summed E-state index contributed by atoms with van der Waals surface area (Å²) in [5.41, 5.74) is 0.838. The van der Waals surface area contributed by atoms with Gasteiger partial charge in [0.25, 0.3) is 0 Å². The Morgan fingerprint density at radius 3 is 2.58 bits per heavy atom. The molecule has 1 atom stereocenters. The maximum absolute atomic E-state index is 12.8. The number of hydrogen-bond donors (Lipinski definition) is 2. The Morgan fingerprint density at radius 2 is 1.92 bits per heavy atom. The van der Waals surface area contributed by atoms with E-state index >= 15 is 0 Å². The van der Waals surface area contributed by atoms with Crippen molar-refractivity contribution in [2.75, 3.05) is 26.1 Å². The van der Waals surface area contributed by atoms with Gasteiger partial charge < -0.3 is 20.1 Å². The molecule has 2 heterocycles. The molecule has 1 amide bonds. The number of benzene rings is 1. The number of rotatable bonds is 4. The normalized spacial score (nSPS) is 20.4. The lowest BCUT2D eigenvalue weighted by Crippen LogP contribution is -2.57. The standard InChI is InChI=1S/C16H22N2O5S/c1-11(12-3-4-13-14(9-12)23-10-22-13)18-15(19)16(24(2,20)21)5-7-17-8-6-16/h3-4,9,11,17H,5-8,10H2,1-2H3,(H,18,19). The minimum Gasteiger partial charge on any atom is -0.454 e. The molecule has 0 radical (unpaired) electrons. The number of amides is 1. The summed E-state index contributed by atoms with van der Waals surface area (Å²) < 4.78 is 33.9. The van der Waals surface area contributed by atoms with Crippen LogP contribution in [0.2, 0.25) is 0 Å². The molecule has 0 spiro atoms. The molecule has 1 saturated heterocycles. The van der Waals surface area contributed by atoms with Gasteiger partial charge in [-0.25, -0.2) is 8.42 Å². The van der Waals surface area contributed by atoms with Gasteiger partial charge in [0.1, 0.15) is 0 Å². The SMILES string of the molecule is CC(NC(=O)C1(S(C)(=O)=O)CCNCC1)c1ccc2c(c1)OCO2. The minimum absolute atomic E-state index is 0.184. The van der Waals surface area contributed by atoms with E-state index in [1.165, 1.54) is 0 Å². The zero-order valence-corrected chi connectivity index (χ0v) is 14.6. The second kappa shape index (κ2) is 6.25. The number of fused-ring (bicyclic) bond motifs is 1. The van der Waals surface area contributed by atoms with Crippen molar-refractivity contribution < 1.29 is 22.7 Å². The van der Waals surface area contributed by atoms with Crippen LogP contribution in [0.1, 0.15) is 31.4 Å². The van der Waals surface area contributed by atoms with Crippen LogP contribution >= 0.6 is 0 Å². The maximum atomic E-state index is 12.8. The molecule has 1 aromatic rings. The van der Waals surface area contributed by atoms with Gasteiger partial charge in [-0.2, -0.15) is 0 Å². The Morgan fingerprint density at radius 1 is 1.25 bits per heavy atom. The van der Waals surface area contributed by atoms with Gasteiger partial charge in [-0.1, -0.05) is 6.07 Å². The van der Waals surface area contributed by atoms with Crippen molar-refractivity contribution in [2.24, 2.45) is 0 Å². The molecule has 7 nitrogen and oxygen atoms in total. The molecule has 2 N–H and O–H groups in total. The molecular formula is C16H22N2O5S. The van der Waals surface area contributed by atoms with Gasteiger partial charge >= 0.3 is 0 Å².